The highest BCUT2D eigenvalue weighted by atomic mass is 16.3. The van der Waals surface area contributed by atoms with Crippen LogP contribution in [0.4, 0.5) is 0 Å². The minimum atomic E-state index is -0.0454. The summed E-state index contributed by atoms with van der Waals surface area (Å²) in [4.78, 5) is 2.52. The highest BCUT2D eigenvalue weighted by Crippen LogP contribution is 2.26. The van der Waals surface area contributed by atoms with Gasteiger partial charge in [0.15, 0.2) is 0 Å². The van der Waals surface area contributed by atoms with Crippen LogP contribution in [0, 0.1) is 0 Å². The van der Waals surface area contributed by atoms with Crippen molar-refractivity contribution >= 4 is 0 Å². The maximum absolute atomic E-state index is 9.53. The van der Waals surface area contributed by atoms with Gasteiger partial charge >= 0.3 is 0 Å². The van der Waals surface area contributed by atoms with Crippen molar-refractivity contribution in [2.75, 3.05) is 20.2 Å². The quantitative estimate of drug-likeness (QED) is 0.619. The van der Waals surface area contributed by atoms with E-state index >= 15 is 0 Å². The fourth-order valence-electron chi connectivity index (χ4n) is 2.80. The minimum absolute atomic E-state index is 0.0454. The molecule has 2 saturated carbocycles. The van der Waals surface area contributed by atoms with Gasteiger partial charge in [-0.1, -0.05) is 12.8 Å². The van der Waals surface area contributed by atoms with Gasteiger partial charge in [-0.2, -0.15) is 0 Å². The van der Waals surface area contributed by atoms with E-state index in [-0.39, 0.29) is 12.1 Å². The van der Waals surface area contributed by atoms with Gasteiger partial charge in [-0.05, 0) is 59.0 Å². The zero-order valence-corrected chi connectivity index (χ0v) is 12.1. The predicted octanol–water partition coefficient (Wildman–Crippen LogP) is 2.14. The van der Waals surface area contributed by atoms with E-state index in [4.69, 9.17) is 0 Å². The molecule has 3 heteroatoms. The summed E-state index contributed by atoms with van der Waals surface area (Å²) in [7, 11) is 2.26. The van der Waals surface area contributed by atoms with Crippen molar-refractivity contribution in [2.45, 2.75) is 75.9 Å². The number of hydrogen-bond donors (Lipinski definition) is 2. The van der Waals surface area contributed by atoms with Gasteiger partial charge in [0.2, 0.25) is 0 Å². The molecule has 0 aliphatic heterocycles. The Balaban J connectivity index is 1.57. The molecule has 2 rings (SSSR count). The molecule has 0 aromatic rings. The Hall–Kier alpha value is -0.120. The smallest absolute Gasteiger partial charge is 0.0610 e. The molecule has 1 unspecified atom stereocenters. The lowest BCUT2D eigenvalue weighted by Crippen LogP contribution is -2.47. The molecule has 2 aliphatic carbocycles. The lowest BCUT2D eigenvalue weighted by molar-refractivity contribution is 0.144. The monoisotopic (exact) mass is 254 g/mol. The number of rotatable bonds is 9. The van der Waals surface area contributed by atoms with Gasteiger partial charge in [-0.15, -0.1) is 0 Å². The van der Waals surface area contributed by atoms with Crippen molar-refractivity contribution < 1.29 is 5.11 Å². The Morgan fingerprint density at radius 1 is 1.22 bits per heavy atom. The molecule has 0 heterocycles. The van der Waals surface area contributed by atoms with Crippen LogP contribution in [0.15, 0.2) is 0 Å². The average molecular weight is 254 g/mol. The van der Waals surface area contributed by atoms with Crippen LogP contribution in [-0.4, -0.2) is 47.8 Å². The first-order valence-corrected chi connectivity index (χ1v) is 7.72. The third kappa shape index (κ3) is 4.22. The van der Waals surface area contributed by atoms with Crippen LogP contribution in [0.1, 0.15) is 58.3 Å². The van der Waals surface area contributed by atoms with E-state index in [1.807, 2.05) is 0 Å². The zero-order chi connectivity index (χ0) is 13.0. The summed E-state index contributed by atoms with van der Waals surface area (Å²) in [5.41, 5.74) is -0.0454. The van der Waals surface area contributed by atoms with E-state index in [0.717, 1.165) is 12.5 Å². The molecule has 2 N–H and O–H groups in total. The van der Waals surface area contributed by atoms with Gasteiger partial charge in [0.1, 0.15) is 0 Å². The van der Waals surface area contributed by atoms with Crippen LogP contribution >= 0.6 is 0 Å². The van der Waals surface area contributed by atoms with Gasteiger partial charge in [-0.25, -0.2) is 0 Å². The Morgan fingerprint density at radius 3 is 2.44 bits per heavy atom. The summed E-state index contributed by atoms with van der Waals surface area (Å²) in [6.07, 6.45) is 10.4. The molecule has 2 aliphatic rings. The Morgan fingerprint density at radius 2 is 1.94 bits per heavy atom. The number of unbranched alkanes of at least 4 members (excludes halogenated alkanes) is 1. The third-order valence-electron chi connectivity index (χ3n) is 4.67. The summed E-state index contributed by atoms with van der Waals surface area (Å²) >= 11 is 0. The second kappa shape index (κ2) is 6.36. The van der Waals surface area contributed by atoms with Gasteiger partial charge in [0, 0.05) is 17.6 Å². The van der Waals surface area contributed by atoms with Crippen molar-refractivity contribution in [3.63, 3.8) is 0 Å². The Labute approximate surface area is 112 Å². The van der Waals surface area contributed by atoms with Gasteiger partial charge < -0.3 is 15.3 Å². The lowest BCUT2D eigenvalue weighted by atomic mass is 9.91. The maximum atomic E-state index is 9.53. The van der Waals surface area contributed by atoms with Crippen molar-refractivity contribution in [3.8, 4) is 0 Å². The summed E-state index contributed by atoms with van der Waals surface area (Å²) in [5, 5.41) is 13.1. The van der Waals surface area contributed by atoms with Gasteiger partial charge in [0.25, 0.3) is 0 Å². The number of hydrogen-bond acceptors (Lipinski definition) is 3. The average Bonchev–Trinajstić information content (AvgIpc) is 3.06. The van der Waals surface area contributed by atoms with E-state index in [2.05, 4.69) is 24.2 Å². The van der Waals surface area contributed by atoms with E-state index in [0.29, 0.717) is 6.04 Å². The second-order valence-corrected chi connectivity index (χ2v) is 6.66. The molecule has 0 bridgehead atoms. The van der Waals surface area contributed by atoms with Crippen LogP contribution in [-0.2, 0) is 0 Å². The molecule has 0 saturated heterocycles. The molecule has 106 valence electrons. The lowest BCUT2D eigenvalue weighted by Gasteiger charge is -2.35. The maximum Gasteiger partial charge on any atom is 0.0610 e. The summed E-state index contributed by atoms with van der Waals surface area (Å²) in [5.74, 6) is 0. The number of nitrogens with zero attached hydrogens (tertiary/aromatic N) is 1. The minimum Gasteiger partial charge on any atom is -0.394 e. The molecular formula is C15H30N2O. The number of aliphatic hydroxyl groups excluding tert-OH is 1. The second-order valence-electron chi connectivity index (χ2n) is 6.66. The first kappa shape index (κ1) is 14.3. The van der Waals surface area contributed by atoms with Crippen LogP contribution < -0.4 is 5.32 Å². The van der Waals surface area contributed by atoms with E-state index in [1.165, 1.54) is 51.5 Å². The molecule has 0 amide bonds. The molecule has 18 heavy (non-hydrogen) atoms. The Bertz CT molecular complexity index is 251. The van der Waals surface area contributed by atoms with Crippen molar-refractivity contribution in [1.29, 1.82) is 0 Å². The molecule has 1 atom stereocenters. The topological polar surface area (TPSA) is 35.5 Å². The first-order valence-electron chi connectivity index (χ1n) is 7.72. The molecular weight excluding hydrogens is 224 g/mol. The number of aliphatic hydroxyl groups is 1. The predicted molar refractivity (Wildman–Crippen MR) is 75.8 cm³/mol. The van der Waals surface area contributed by atoms with Crippen molar-refractivity contribution in [3.05, 3.63) is 0 Å². The summed E-state index contributed by atoms with van der Waals surface area (Å²) < 4.78 is 0. The van der Waals surface area contributed by atoms with E-state index in [1.54, 1.807) is 0 Å². The summed E-state index contributed by atoms with van der Waals surface area (Å²) in [6.45, 7) is 3.65. The molecule has 0 radical (unpaired) electrons. The number of nitrogens with one attached hydrogen (secondary N) is 1. The largest absolute Gasteiger partial charge is 0.394 e. The summed E-state index contributed by atoms with van der Waals surface area (Å²) in [6, 6.07) is 1.54. The SMILES string of the molecule is CN(CCCCC(C)(CO)NC1CC1)C1CCC1. The fraction of sp³-hybridized carbons (Fsp3) is 1.00. The highest BCUT2D eigenvalue weighted by Gasteiger charge is 2.31. The van der Waals surface area contributed by atoms with E-state index in [9.17, 15) is 5.11 Å². The standard InChI is InChI=1S/C15H30N2O/c1-15(12-18,16-13-8-9-13)10-3-4-11-17(2)14-6-5-7-14/h13-14,16,18H,3-12H2,1-2H3. The van der Waals surface area contributed by atoms with Crippen molar-refractivity contribution in [2.24, 2.45) is 0 Å². The van der Waals surface area contributed by atoms with Crippen LogP contribution in [0.25, 0.3) is 0 Å². The highest BCUT2D eigenvalue weighted by molar-refractivity contribution is 4.92. The molecule has 3 nitrogen and oxygen atoms in total. The van der Waals surface area contributed by atoms with Crippen LogP contribution in [0.2, 0.25) is 0 Å². The molecule has 0 aromatic carbocycles. The first-order chi connectivity index (χ1) is 8.63. The normalized spacial score (nSPS) is 24.0. The molecule has 2 fully saturated rings. The Kier molecular flexibility index (Phi) is 5.05. The van der Waals surface area contributed by atoms with Crippen LogP contribution in [0.5, 0.6) is 0 Å². The molecule has 0 spiro atoms. The van der Waals surface area contributed by atoms with Crippen LogP contribution in [0.3, 0.4) is 0 Å². The van der Waals surface area contributed by atoms with Crippen molar-refractivity contribution in [1.82, 2.24) is 10.2 Å². The zero-order valence-electron chi connectivity index (χ0n) is 12.1. The van der Waals surface area contributed by atoms with Gasteiger partial charge in [-0.3, -0.25) is 0 Å². The molecule has 0 aromatic heterocycles. The third-order valence-corrected chi connectivity index (χ3v) is 4.67. The van der Waals surface area contributed by atoms with Gasteiger partial charge in [0.05, 0.1) is 6.61 Å². The van der Waals surface area contributed by atoms with E-state index < -0.39 is 0 Å². The fourth-order valence-corrected chi connectivity index (χ4v) is 2.80.